The number of fused-ring (bicyclic) bond motifs is 4. The summed E-state index contributed by atoms with van der Waals surface area (Å²) in [7, 11) is 0. The van der Waals surface area contributed by atoms with E-state index in [4.69, 9.17) is 0 Å². The SMILES string of the molecule is CC(C)n1c2ccccc2c2cc(-c3cccc4cccc(-c5ccccc5)c34)ccc21. The van der Waals surface area contributed by atoms with Crippen LogP contribution in [0.2, 0.25) is 0 Å². The van der Waals surface area contributed by atoms with E-state index in [-0.39, 0.29) is 0 Å². The van der Waals surface area contributed by atoms with Crippen LogP contribution in [-0.4, -0.2) is 4.57 Å². The third-order valence-corrected chi connectivity index (χ3v) is 6.53. The smallest absolute Gasteiger partial charge is 0.0494 e. The summed E-state index contributed by atoms with van der Waals surface area (Å²) in [5.41, 5.74) is 7.68. The fraction of sp³-hybridized carbons (Fsp3) is 0.0968. The van der Waals surface area contributed by atoms with E-state index in [0.29, 0.717) is 6.04 Å². The molecule has 1 heterocycles. The minimum atomic E-state index is 0.408. The molecule has 0 saturated carbocycles. The highest BCUT2D eigenvalue weighted by Gasteiger charge is 2.15. The molecule has 1 nitrogen and oxygen atoms in total. The van der Waals surface area contributed by atoms with E-state index in [1.165, 1.54) is 54.8 Å². The topological polar surface area (TPSA) is 4.93 Å². The summed E-state index contributed by atoms with van der Waals surface area (Å²) in [6.07, 6.45) is 0. The quantitative estimate of drug-likeness (QED) is 0.274. The van der Waals surface area contributed by atoms with Gasteiger partial charge in [0.25, 0.3) is 0 Å². The zero-order chi connectivity index (χ0) is 21.7. The molecular weight excluding hydrogens is 386 g/mol. The summed E-state index contributed by atoms with van der Waals surface area (Å²) in [6, 6.07) is 40.1. The number of para-hydroxylation sites is 1. The highest BCUT2D eigenvalue weighted by atomic mass is 15.0. The number of hydrogen-bond acceptors (Lipinski definition) is 0. The molecule has 5 aromatic carbocycles. The lowest BCUT2D eigenvalue weighted by Crippen LogP contribution is -1.99. The van der Waals surface area contributed by atoms with Crippen molar-refractivity contribution >= 4 is 32.6 Å². The molecule has 0 aliphatic heterocycles. The van der Waals surface area contributed by atoms with Crippen LogP contribution in [-0.2, 0) is 0 Å². The van der Waals surface area contributed by atoms with Gasteiger partial charge in [0, 0.05) is 27.8 Å². The highest BCUT2D eigenvalue weighted by molar-refractivity contribution is 6.12. The van der Waals surface area contributed by atoms with Gasteiger partial charge in [0.1, 0.15) is 0 Å². The Balaban J connectivity index is 1.67. The second-order valence-corrected chi connectivity index (χ2v) is 8.79. The standard InChI is InChI=1S/C31H25N/c1-21(2)32-29-17-7-6-14-27(29)28-20-24(18-19-30(28)32)26-16-9-13-23-12-8-15-25(31(23)26)22-10-4-3-5-11-22/h3-21H,1-2H3. The Labute approximate surface area is 188 Å². The maximum absolute atomic E-state index is 2.45. The van der Waals surface area contributed by atoms with Gasteiger partial charge in [-0.05, 0) is 65.1 Å². The van der Waals surface area contributed by atoms with Gasteiger partial charge < -0.3 is 4.57 Å². The number of nitrogens with zero attached hydrogens (tertiary/aromatic N) is 1. The first-order chi connectivity index (χ1) is 15.7. The number of hydrogen-bond donors (Lipinski definition) is 0. The maximum Gasteiger partial charge on any atom is 0.0494 e. The lowest BCUT2D eigenvalue weighted by molar-refractivity contribution is 0.642. The maximum atomic E-state index is 2.45. The molecular formula is C31H25N. The van der Waals surface area contributed by atoms with Gasteiger partial charge in [-0.1, -0.05) is 91.0 Å². The summed E-state index contributed by atoms with van der Waals surface area (Å²) in [6.45, 7) is 4.52. The molecule has 154 valence electrons. The summed E-state index contributed by atoms with van der Waals surface area (Å²) >= 11 is 0. The number of benzene rings is 5. The van der Waals surface area contributed by atoms with E-state index in [1.54, 1.807) is 0 Å². The van der Waals surface area contributed by atoms with Gasteiger partial charge in [-0.2, -0.15) is 0 Å². The second kappa shape index (κ2) is 7.39. The third kappa shape index (κ3) is 2.85. The van der Waals surface area contributed by atoms with Crippen LogP contribution in [0.5, 0.6) is 0 Å². The van der Waals surface area contributed by atoms with Crippen LogP contribution in [0.4, 0.5) is 0 Å². The Bertz CT molecular complexity index is 1580. The molecule has 1 heteroatoms. The van der Waals surface area contributed by atoms with E-state index in [9.17, 15) is 0 Å². The first-order valence-electron chi connectivity index (χ1n) is 11.3. The van der Waals surface area contributed by atoms with Crippen molar-refractivity contribution in [2.75, 3.05) is 0 Å². The van der Waals surface area contributed by atoms with Gasteiger partial charge >= 0.3 is 0 Å². The Morgan fingerprint density at radius 2 is 1.19 bits per heavy atom. The molecule has 0 atom stereocenters. The second-order valence-electron chi connectivity index (χ2n) is 8.79. The summed E-state index contributed by atoms with van der Waals surface area (Å²) in [5.74, 6) is 0. The average molecular weight is 412 g/mol. The van der Waals surface area contributed by atoms with Crippen molar-refractivity contribution in [3.8, 4) is 22.3 Å². The van der Waals surface area contributed by atoms with Gasteiger partial charge in [-0.25, -0.2) is 0 Å². The number of rotatable bonds is 3. The van der Waals surface area contributed by atoms with Crippen molar-refractivity contribution in [3.63, 3.8) is 0 Å². The molecule has 0 fully saturated rings. The predicted molar refractivity (Wildman–Crippen MR) is 138 cm³/mol. The van der Waals surface area contributed by atoms with Crippen LogP contribution in [0.15, 0.2) is 109 Å². The fourth-order valence-corrected chi connectivity index (χ4v) is 5.17. The van der Waals surface area contributed by atoms with E-state index >= 15 is 0 Å². The van der Waals surface area contributed by atoms with E-state index in [1.807, 2.05) is 0 Å². The van der Waals surface area contributed by atoms with E-state index in [0.717, 1.165) is 0 Å². The Kier molecular flexibility index (Phi) is 4.36. The van der Waals surface area contributed by atoms with E-state index in [2.05, 4.69) is 128 Å². The number of aromatic nitrogens is 1. The van der Waals surface area contributed by atoms with Crippen molar-refractivity contribution in [3.05, 3.63) is 109 Å². The van der Waals surface area contributed by atoms with Crippen LogP contribution < -0.4 is 0 Å². The Morgan fingerprint density at radius 3 is 1.94 bits per heavy atom. The third-order valence-electron chi connectivity index (χ3n) is 6.53. The van der Waals surface area contributed by atoms with Crippen molar-refractivity contribution in [1.29, 1.82) is 0 Å². The Hall–Kier alpha value is -3.84. The zero-order valence-corrected chi connectivity index (χ0v) is 18.4. The molecule has 6 aromatic rings. The first-order valence-corrected chi connectivity index (χ1v) is 11.3. The fourth-order valence-electron chi connectivity index (χ4n) is 5.17. The molecule has 0 N–H and O–H groups in total. The molecule has 0 aliphatic rings. The zero-order valence-electron chi connectivity index (χ0n) is 18.4. The molecule has 6 rings (SSSR count). The van der Waals surface area contributed by atoms with Gasteiger partial charge in [-0.15, -0.1) is 0 Å². The van der Waals surface area contributed by atoms with Crippen LogP contribution in [0.1, 0.15) is 19.9 Å². The average Bonchev–Trinajstić information content (AvgIpc) is 3.18. The molecule has 0 unspecified atom stereocenters. The van der Waals surface area contributed by atoms with Crippen LogP contribution >= 0.6 is 0 Å². The predicted octanol–water partition coefficient (Wildman–Crippen LogP) is 8.86. The van der Waals surface area contributed by atoms with Crippen molar-refractivity contribution < 1.29 is 0 Å². The largest absolute Gasteiger partial charge is 0.338 e. The van der Waals surface area contributed by atoms with Gasteiger partial charge in [0.2, 0.25) is 0 Å². The van der Waals surface area contributed by atoms with Crippen molar-refractivity contribution in [2.24, 2.45) is 0 Å². The summed E-state index contributed by atoms with van der Waals surface area (Å²) in [5, 5.41) is 5.23. The van der Waals surface area contributed by atoms with E-state index < -0.39 is 0 Å². The summed E-state index contributed by atoms with van der Waals surface area (Å²) < 4.78 is 2.45. The molecule has 0 spiro atoms. The molecule has 0 radical (unpaired) electrons. The first kappa shape index (κ1) is 18.9. The van der Waals surface area contributed by atoms with Crippen LogP contribution in [0, 0.1) is 0 Å². The lowest BCUT2D eigenvalue weighted by atomic mass is 9.91. The molecule has 0 bridgehead atoms. The lowest BCUT2D eigenvalue weighted by Gasteiger charge is -2.14. The molecule has 0 saturated heterocycles. The van der Waals surface area contributed by atoms with Gasteiger partial charge in [-0.3, -0.25) is 0 Å². The van der Waals surface area contributed by atoms with Gasteiger partial charge in [0.05, 0.1) is 0 Å². The molecule has 1 aromatic heterocycles. The highest BCUT2D eigenvalue weighted by Crippen LogP contribution is 2.39. The molecule has 32 heavy (non-hydrogen) atoms. The van der Waals surface area contributed by atoms with Gasteiger partial charge in [0.15, 0.2) is 0 Å². The van der Waals surface area contributed by atoms with Crippen molar-refractivity contribution in [1.82, 2.24) is 4.57 Å². The minimum absolute atomic E-state index is 0.408. The summed E-state index contributed by atoms with van der Waals surface area (Å²) in [4.78, 5) is 0. The minimum Gasteiger partial charge on any atom is -0.338 e. The Morgan fingerprint density at radius 1 is 0.531 bits per heavy atom. The van der Waals surface area contributed by atoms with Crippen LogP contribution in [0.3, 0.4) is 0 Å². The molecule has 0 amide bonds. The van der Waals surface area contributed by atoms with Crippen molar-refractivity contribution in [2.45, 2.75) is 19.9 Å². The van der Waals surface area contributed by atoms with Crippen LogP contribution in [0.25, 0.3) is 54.8 Å². The molecule has 0 aliphatic carbocycles. The monoisotopic (exact) mass is 411 g/mol. The normalized spacial score (nSPS) is 11.7.